The van der Waals surface area contributed by atoms with Crippen molar-refractivity contribution in [1.82, 2.24) is 15.9 Å². The molecular weight excluding hydrogens is 430 g/mol. The second kappa shape index (κ2) is 12.2. The van der Waals surface area contributed by atoms with Gasteiger partial charge in [-0.15, -0.1) is 5.11 Å². The van der Waals surface area contributed by atoms with Crippen LogP contribution in [0.1, 0.15) is 37.8 Å². The van der Waals surface area contributed by atoms with E-state index in [2.05, 4.69) is 39.3 Å². The molecule has 9 nitrogen and oxygen atoms in total. The summed E-state index contributed by atoms with van der Waals surface area (Å²) in [7, 11) is 0. The Bertz CT molecular complexity index is 970. The van der Waals surface area contributed by atoms with E-state index >= 15 is 0 Å². The molecule has 0 saturated carbocycles. The van der Waals surface area contributed by atoms with Crippen LogP contribution in [0.2, 0.25) is 0 Å². The lowest BCUT2D eigenvalue weighted by Gasteiger charge is -2.29. The van der Waals surface area contributed by atoms with Crippen LogP contribution < -0.4 is 16.5 Å². The van der Waals surface area contributed by atoms with Crippen LogP contribution in [0.5, 0.6) is 0 Å². The van der Waals surface area contributed by atoms with Gasteiger partial charge in [-0.3, -0.25) is 4.79 Å². The molecule has 1 heterocycles. The molecule has 0 aliphatic carbocycles. The number of hydrogen-bond acceptors (Lipinski definition) is 8. The van der Waals surface area contributed by atoms with Gasteiger partial charge in [0.1, 0.15) is 0 Å². The molecule has 0 bridgehead atoms. The van der Waals surface area contributed by atoms with E-state index < -0.39 is 17.7 Å². The lowest BCUT2D eigenvalue weighted by atomic mass is 10.0. The Labute approximate surface area is 200 Å². The summed E-state index contributed by atoms with van der Waals surface area (Å²) >= 11 is 0. The van der Waals surface area contributed by atoms with Gasteiger partial charge in [-0.05, 0) is 37.8 Å². The van der Waals surface area contributed by atoms with Gasteiger partial charge in [0.2, 0.25) is 5.91 Å². The van der Waals surface area contributed by atoms with Crippen LogP contribution in [0.3, 0.4) is 0 Å². The highest BCUT2D eigenvalue weighted by molar-refractivity contribution is 5.85. The molecule has 0 radical (unpaired) electrons. The Morgan fingerprint density at radius 3 is 2.47 bits per heavy atom. The molecule has 3 rings (SSSR count). The molecule has 4 N–H and O–H groups in total. The Morgan fingerprint density at radius 1 is 1.21 bits per heavy atom. The van der Waals surface area contributed by atoms with Gasteiger partial charge < -0.3 is 15.8 Å². The number of benzene rings is 2. The van der Waals surface area contributed by atoms with Gasteiger partial charge in [-0.1, -0.05) is 65.9 Å². The monoisotopic (exact) mass is 463 g/mol. The number of nitriles is 1. The Hall–Kier alpha value is -3.32. The number of nitrogens with zero attached hydrogens (tertiary/aromatic N) is 4. The number of rotatable bonds is 12. The summed E-state index contributed by atoms with van der Waals surface area (Å²) in [6.07, 6.45) is 1.30. The molecule has 0 aromatic heterocycles. The third kappa shape index (κ3) is 7.63. The summed E-state index contributed by atoms with van der Waals surface area (Å²) in [5.41, 5.74) is 10.4. The molecule has 34 heavy (non-hydrogen) atoms. The van der Waals surface area contributed by atoms with Crippen molar-refractivity contribution in [3.05, 3.63) is 71.8 Å². The fourth-order valence-electron chi connectivity index (χ4n) is 3.49. The third-order valence-electron chi connectivity index (χ3n) is 5.51. The van der Waals surface area contributed by atoms with Gasteiger partial charge in [-0.2, -0.15) is 10.7 Å². The molecule has 0 saturated heterocycles. The zero-order valence-corrected chi connectivity index (χ0v) is 19.7. The van der Waals surface area contributed by atoms with E-state index in [4.69, 9.17) is 10.5 Å². The molecule has 1 amide bonds. The van der Waals surface area contributed by atoms with E-state index in [-0.39, 0.29) is 18.6 Å². The van der Waals surface area contributed by atoms with Crippen LogP contribution in [0.15, 0.2) is 71.0 Å². The maximum Gasteiger partial charge on any atom is 0.239 e. The highest BCUT2D eigenvalue weighted by Crippen LogP contribution is 2.18. The minimum atomic E-state index is -1.05. The molecule has 1 aliphatic rings. The lowest BCUT2D eigenvalue weighted by Crippen LogP contribution is -2.59. The largest absolute Gasteiger partial charge is 0.374 e. The number of amides is 1. The van der Waals surface area contributed by atoms with Crippen molar-refractivity contribution in [2.75, 3.05) is 6.61 Å². The summed E-state index contributed by atoms with van der Waals surface area (Å²) < 4.78 is 5.89. The smallest absolute Gasteiger partial charge is 0.239 e. The molecule has 9 heteroatoms. The van der Waals surface area contributed by atoms with Crippen molar-refractivity contribution in [2.45, 2.75) is 63.5 Å². The van der Waals surface area contributed by atoms with Crippen LogP contribution >= 0.6 is 0 Å². The van der Waals surface area contributed by atoms with E-state index in [1.807, 2.05) is 48.5 Å². The predicted octanol–water partition coefficient (Wildman–Crippen LogP) is 2.85. The molecule has 2 unspecified atom stereocenters. The summed E-state index contributed by atoms with van der Waals surface area (Å²) in [6, 6.07) is 21.5. The number of nitrogens with two attached hydrogens (primary N) is 1. The van der Waals surface area contributed by atoms with Gasteiger partial charge in [0.15, 0.2) is 6.17 Å². The van der Waals surface area contributed by atoms with Crippen LogP contribution in [0, 0.1) is 11.3 Å². The quantitative estimate of drug-likeness (QED) is 0.444. The first-order valence-corrected chi connectivity index (χ1v) is 11.5. The molecule has 0 fully saturated rings. The molecular formula is C25H33N7O2. The second-order valence-corrected chi connectivity index (χ2v) is 8.97. The van der Waals surface area contributed by atoms with E-state index in [0.29, 0.717) is 13.0 Å². The zero-order chi connectivity index (χ0) is 24.4. The zero-order valence-electron chi connectivity index (χ0n) is 19.7. The van der Waals surface area contributed by atoms with Crippen LogP contribution in [0.25, 0.3) is 0 Å². The Morgan fingerprint density at radius 2 is 1.85 bits per heavy atom. The van der Waals surface area contributed by atoms with Crippen molar-refractivity contribution in [2.24, 2.45) is 16.1 Å². The Balaban J connectivity index is 1.62. The molecule has 2 aromatic rings. The van der Waals surface area contributed by atoms with Gasteiger partial charge >= 0.3 is 0 Å². The first-order chi connectivity index (χ1) is 16.4. The standard InChI is InChI=1S/C25H33N7O2/c1-25(2,27)24(33)28-22(18-34-17-20-11-7-4-8-12-20)23-29-31-32(30-23)21(15-16-26)14-13-19-9-5-3-6-10-19/h3-12,21-23,30H,13-15,17-18,27H2,1-2H3,(H,28,33)/t21?,22-,23?/m1/s1. The number of hydrazine groups is 1. The SMILES string of the molecule is CC(C)(N)C(=O)N[C@H](COCc1ccccc1)C1N=NN(C(CC#N)CCc2ccccc2)N1. The van der Waals surface area contributed by atoms with Crippen molar-refractivity contribution in [3.63, 3.8) is 0 Å². The average Bonchev–Trinajstić information content (AvgIpc) is 3.32. The van der Waals surface area contributed by atoms with Crippen molar-refractivity contribution >= 4 is 5.91 Å². The second-order valence-electron chi connectivity index (χ2n) is 8.97. The third-order valence-corrected chi connectivity index (χ3v) is 5.51. The highest BCUT2D eigenvalue weighted by atomic mass is 16.5. The minimum Gasteiger partial charge on any atom is -0.374 e. The van der Waals surface area contributed by atoms with E-state index in [1.54, 1.807) is 19.0 Å². The van der Waals surface area contributed by atoms with Crippen molar-refractivity contribution in [1.29, 1.82) is 5.26 Å². The number of ether oxygens (including phenoxy) is 1. The van der Waals surface area contributed by atoms with E-state index in [0.717, 1.165) is 18.4 Å². The summed E-state index contributed by atoms with van der Waals surface area (Å²) in [6.45, 7) is 3.91. The predicted molar refractivity (Wildman–Crippen MR) is 129 cm³/mol. The summed E-state index contributed by atoms with van der Waals surface area (Å²) in [5, 5.41) is 22.5. The van der Waals surface area contributed by atoms with Crippen LogP contribution in [0.4, 0.5) is 0 Å². The molecule has 2 aromatic carbocycles. The van der Waals surface area contributed by atoms with Crippen LogP contribution in [-0.2, 0) is 22.6 Å². The highest BCUT2D eigenvalue weighted by Gasteiger charge is 2.34. The lowest BCUT2D eigenvalue weighted by molar-refractivity contribution is -0.126. The average molecular weight is 464 g/mol. The maximum atomic E-state index is 12.6. The number of hydrogen-bond donors (Lipinski definition) is 3. The topological polar surface area (TPSA) is 128 Å². The first-order valence-electron chi connectivity index (χ1n) is 11.5. The fraction of sp³-hybridized carbons (Fsp3) is 0.440. The number of aryl methyl sites for hydroxylation is 1. The normalized spacial score (nSPS) is 17.2. The Kier molecular flexibility index (Phi) is 9.10. The van der Waals surface area contributed by atoms with E-state index in [9.17, 15) is 10.1 Å². The molecule has 180 valence electrons. The van der Waals surface area contributed by atoms with E-state index in [1.165, 1.54) is 5.56 Å². The maximum absolute atomic E-state index is 12.6. The number of nitrogens with one attached hydrogen (secondary N) is 2. The van der Waals surface area contributed by atoms with Gasteiger partial charge in [0, 0.05) is 0 Å². The number of carbonyl (C=O) groups is 1. The summed E-state index contributed by atoms with van der Waals surface area (Å²) in [5.74, 6) is -0.311. The van der Waals surface area contributed by atoms with Crippen LogP contribution in [-0.4, -0.2) is 41.4 Å². The minimum absolute atomic E-state index is 0.161. The van der Waals surface area contributed by atoms with Gasteiger partial charge in [0.25, 0.3) is 0 Å². The fourth-order valence-corrected chi connectivity index (χ4v) is 3.49. The van der Waals surface area contributed by atoms with Gasteiger partial charge in [0.05, 0.1) is 43.3 Å². The van der Waals surface area contributed by atoms with Gasteiger partial charge in [-0.25, -0.2) is 5.12 Å². The molecule has 3 atom stereocenters. The van der Waals surface area contributed by atoms with Crippen molar-refractivity contribution in [3.8, 4) is 6.07 Å². The number of carbonyl (C=O) groups excluding carboxylic acids is 1. The molecule has 0 spiro atoms. The molecule has 1 aliphatic heterocycles. The first kappa shape index (κ1) is 25.3. The van der Waals surface area contributed by atoms with Crippen molar-refractivity contribution < 1.29 is 9.53 Å². The summed E-state index contributed by atoms with van der Waals surface area (Å²) in [4.78, 5) is 12.6.